The molecule has 0 spiro atoms. The monoisotopic (exact) mass is 288 g/mol. The van der Waals surface area contributed by atoms with Gasteiger partial charge in [0.05, 0.1) is 11.4 Å². The van der Waals surface area contributed by atoms with Crippen molar-refractivity contribution in [3.05, 3.63) is 41.2 Å². The van der Waals surface area contributed by atoms with Crippen molar-refractivity contribution in [2.75, 3.05) is 0 Å². The predicted molar refractivity (Wildman–Crippen MR) is 82.6 cm³/mol. The molecule has 0 bridgehead atoms. The molecule has 0 aliphatic carbocycles. The minimum absolute atomic E-state index is 0.351. The smallest absolute Gasteiger partial charge is 0.488 e. The predicted octanol–water partition coefficient (Wildman–Crippen LogP) is 1.03. The lowest BCUT2D eigenvalue weighted by atomic mass is 9.79. The van der Waals surface area contributed by atoms with Crippen LogP contribution in [-0.2, 0) is 19.6 Å². The van der Waals surface area contributed by atoms with Gasteiger partial charge in [0, 0.05) is 12.0 Å². The van der Waals surface area contributed by atoms with Gasteiger partial charge in [-0.2, -0.15) is 5.10 Å². The van der Waals surface area contributed by atoms with Crippen molar-refractivity contribution in [3.63, 3.8) is 0 Å². The first-order valence-corrected chi connectivity index (χ1v) is 7.20. The maximum atomic E-state index is 9.43. The molecule has 0 aliphatic rings. The molecule has 5 nitrogen and oxygen atoms in total. The Morgan fingerprint density at radius 3 is 2.62 bits per heavy atom. The van der Waals surface area contributed by atoms with E-state index in [4.69, 9.17) is 4.74 Å². The lowest BCUT2D eigenvalue weighted by Crippen LogP contribution is -2.31. The van der Waals surface area contributed by atoms with Crippen molar-refractivity contribution >= 4 is 12.6 Å². The van der Waals surface area contributed by atoms with Gasteiger partial charge in [0.15, 0.2) is 0 Å². The molecule has 0 atom stereocenters. The van der Waals surface area contributed by atoms with E-state index in [1.54, 1.807) is 12.1 Å². The summed E-state index contributed by atoms with van der Waals surface area (Å²) in [5.41, 5.74) is 3.35. The molecule has 0 radical (unpaired) electrons. The molecule has 0 saturated carbocycles. The molecule has 2 rings (SSSR count). The van der Waals surface area contributed by atoms with Gasteiger partial charge in [-0.15, -0.1) is 0 Å². The zero-order valence-corrected chi connectivity index (χ0v) is 12.7. The fourth-order valence-electron chi connectivity index (χ4n) is 2.23. The number of aromatic nitrogens is 2. The molecule has 0 fully saturated rings. The SMILES string of the molecule is CCc1cc(COc2ccc(C)cc2B(O)O)n(CC)n1. The van der Waals surface area contributed by atoms with Crippen LogP contribution in [-0.4, -0.2) is 26.9 Å². The summed E-state index contributed by atoms with van der Waals surface area (Å²) in [7, 11) is -1.54. The standard InChI is InChI=1S/C15H21BN2O3/c1-4-12-9-13(18(5-2)17-12)10-21-15-7-6-11(3)8-14(15)16(19)20/h6-9,19-20H,4-5,10H2,1-3H3. The minimum atomic E-state index is -1.54. The number of hydrogen-bond donors (Lipinski definition) is 2. The molecular weight excluding hydrogens is 267 g/mol. The molecule has 0 saturated heterocycles. The Balaban J connectivity index is 2.18. The summed E-state index contributed by atoms with van der Waals surface area (Å²) in [5.74, 6) is 0.484. The molecule has 2 N–H and O–H groups in total. The highest BCUT2D eigenvalue weighted by Gasteiger charge is 2.18. The van der Waals surface area contributed by atoms with Gasteiger partial charge >= 0.3 is 7.12 Å². The van der Waals surface area contributed by atoms with Gasteiger partial charge < -0.3 is 14.8 Å². The van der Waals surface area contributed by atoms with Crippen molar-refractivity contribution in [1.29, 1.82) is 0 Å². The zero-order chi connectivity index (χ0) is 15.4. The van der Waals surface area contributed by atoms with Crippen molar-refractivity contribution in [1.82, 2.24) is 9.78 Å². The lowest BCUT2D eigenvalue weighted by Gasteiger charge is -2.12. The third-order valence-corrected chi connectivity index (χ3v) is 3.39. The van der Waals surface area contributed by atoms with E-state index in [2.05, 4.69) is 12.0 Å². The molecule has 6 heteroatoms. The summed E-state index contributed by atoms with van der Waals surface area (Å²) in [6, 6.07) is 7.38. The first kappa shape index (κ1) is 15.6. The fourth-order valence-corrected chi connectivity index (χ4v) is 2.23. The third-order valence-electron chi connectivity index (χ3n) is 3.39. The molecule has 21 heavy (non-hydrogen) atoms. The second-order valence-corrected chi connectivity index (χ2v) is 5.00. The van der Waals surface area contributed by atoms with Crippen LogP contribution in [0.1, 0.15) is 30.8 Å². The lowest BCUT2D eigenvalue weighted by molar-refractivity contribution is 0.293. The average molecular weight is 288 g/mol. The van der Waals surface area contributed by atoms with Gasteiger partial charge in [0.25, 0.3) is 0 Å². The van der Waals surface area contributed by atoms with Crippen LogP contribution < -0.4 is 10.2 Å². The largest absolute Gasteiger partial charge is 0.492 e. The Kier molecular flexibility index (Phi) is 5.04. The number of hydrogen-bond acceptors (Lipinski definition) is 4. The highest BCUT2D eigenvalue weighted by atomic mass is 16.5. The molecule has 112 valence electrons. The molecule has 1 aromatic carbocycles. The highest BCUT2D eigenvalue weighted by Crippen LogP contribution is 2.14. The van der Waals surface area contributed by atoms with Gasteiger partial charge in [-0.25, -0.2) is 0 Å². The second-order valence-electron chi connectivity index (χ2n) is 5.00. The molecule has 0 amide bonds. The first-order chi connectivity index (χ1) is 10.0. The van der Waals surface area contributed by atoms with Crippen molar-refractivity contribution in [3.8, 4) is 5.75 Å². The molecule has 1 heterocycles. The zero-order valence-electron chi connectivity index (χ0n) is 12.7. The van der Waals surface area contributed by atoms with E-state index < -0.39 is 7.12 Å². The van der Waals surface area contributed by atoms with E-state index in [0.717, 1.165) is 29.9 Å². The molecule has 0 unspecified atom stereocenters. The topological polar surface area (TPSA) is 67.5 Å². The van der Waals surface area contributed by atoms with Gasteiger partial charge in [0.2, 0.25) is 0 Å². The summed E-state index contributed by atoms with van der Waals surface area (Å²) in [6.45, 7) is 7.12. The Morgan fingerprint density at radius 1 is 1.24 bits per heavy atom. The van der Waals surface area contributed by atoms with Gasteiger partial charge in [-0.05, 0) is 32.4 Å². The summed E-state index contributed by atoms with van der Waals surface area (Å²) in [6.07, 6.45) is 0.880. The van der Waals surface area contributed by atoms with Crippen LogP contribution in [0.15, 0.2) is 24.3 Å². The number of aryl methyl sites for hydroxylation is 3. The molecule has 1 aromatic heterocycles. The van der Waals surface area contributed by atoms with Gasteiger partial charge in [-0.1, -0.05) is 24.6 Å². The summed E-state index contributed by atoms with van der Waals surface area (Å²) in [4.78, 5) is 0. The van der Waals surface area contributed by atoms with Gasteiger partial charge in [-0.3, -0.25) is 4.68 Å². The number of rotatable bonds is 6. The highest BCUT2D eigenvalue weighted by molar-refractivity contribution is 6.59. The fraction of sp³-hybridized carbons (Fsp3) is 0.400. The maximum Gasteiger partial charge on any atom is 0.492 e. The summed E-state index contributed by atoms with van der Waals surface area (Å²) >= 11 is 0. The van der Waals surface area contributed by atoms with Gasteiger partial charge in [0.1, 0.15) is 12.4 Å². The van der Waals surface area contributed by atoms with Crippen LogP contribution in [0.5, 0.6) is 5.75 Å². The summed E-state index contributed by atoms with van der Waals surface area (Å²) < 4.78 is 7.66. The summed E-state index contributed by atoms with van der Waals surface area (Å²) in [5, 5.41) is 23.3. The van der Waals surface area contributed by atoms with Crippen molar-refractivity contribution in [2.45, 2.75) is 40.3 Å². The van der Waals surface area contributed by atoms with Crippen LogP contribution in [0, 0.1) is 6.92 Å². The van der Waals surface area contributed by atoms with E-state index in [1.165, 1.54) is 0 Å². The Hall–Kier alpha value is -1.79. The van der Waals surface area contributed by atoms with Crippen LogP contribution in [0.25, 0.3) is 0 Å². The Bertz CT molecular complexity index is 611. The van der Waals surface area contributed by atoms with E-state index in [1.807, 2.05) is 30.7 Å². The van der Waals surface area contributed by atoms with Crippen molar-refractivity contribution in [2.24, 2.45) is 0 Å². The Morgan fingerprint density at radius 2 is 2.00 bits per heavy atom. The quantitative estimate of drug-likeness (QED) is 0.779. The first-order valence-electron chi connectivity index (χ1n) is 7.20. The van der Waals surface area contributed by atoms with Crippen molar-refractivity contribution < 1.29 is 14.8 Å². The minimum Gasteiger partial charge on any atom is -0.488 e. The number of nitrogens with zero attached hydrogens (tertiary/aromatic N) is 2. The molecule has 2 aromatic rings. The van der Waals surface area contributed by atoms with E-state index in [9.17, 15) is 10.0 Å². The van der Waals surface area contributed by atoms with Crippen LogP contribution in [0.3, 0.4) is 0 Å². The van der Waals surface area contributed by atoms with E-state index >= 15 is 0 Å². The van der Waals surface area contributed by atoms with E-state index in [-0.39, 0.29) is 0 Å². The molecular formula is C15H21BN2O3. The molecule has 0 aliphatic heterocycles. The number of benzene rings is 1. The van der Waals surface area contributed by atoms with Crippen LogP contribution >= 0.6 is 0 Å². The Labute approximate surface area is 125 Å². The third kappa shape index (κ3) is 3.65. The second kappa shape index (κ2) is 6.78. The maximum absolute atomic E-state index is 9.43. The number of ether oxygens (including phenoxy) is 1. The van der Waals surface area contributed by atoms with Crippen LogP contribution in [0.4, 0.5) is 0 Å². The average Bonchev–Trinajstić information content (AvgIpc) is 2.88. The normalized spacial score (nSPS) is 10.7. The van der Waals surface area contributed by atoms with E-state index in [0.29, 0.717) is 17.8 Å². The van der Waals surface area contributed by atoms with Crippen LogP contribution in [0.2, 0.25) is 0 Å².